The summed E-state index contributed by atoms with van der Waals surface area (Å²) in [6, 6.07) is 3.78. The van der Waals surface area contributed by atoms with E-state index in [1.165, 1.54) is 23.1 Å². The molecule has 0 spiro atoms. The Balaban J connectivity index is 1.43. The molecule has 2 amide bonds. The minimum Gasteiger partial charge on any atom is -0.340 e. The lowest BCUT2D eigenvalue weighted by Crippen LogP contribution is -2.52. The molecule has 1 aromatic carbocycles. The highest BCUT2D eigenvalue weighted by Crippen LogP contribution is 2.32. The van der Waals surface area contributed by atoms with E-state index in [4.69, 9.17) is 0 Å². The fourth-order valence-electron chi connectivity index (χ4n) is 3.31. The van der Waals surface area contributed by atoms with Crippen LogP contribution in [0.2, 0.25) is 0 Å². The monoisotopic (exact) mass is 331 g/mol. The molecule has 0 radical (unpaired) electrons. The summed E-state index contributed by atoms with van der Waals surface area (Å²) in [7, 11) is 0. The zero-order chi connectivity index (χ0) is 16.8. The van der Waals surface area contributed by atoms with E-state index in [0.29, 0.717) is 31.9 Å². The quantitative estimate of drug-likeness (QED) is 0.771. The highest BCUT2D eigenvalue weighted by atomic mass is 19.1. The summed E-state index contributed by atoms with van der Waals surface area (Å²) in [5, 5.41) is 0. The number of fused-ring (bicyclic) bond motifs is 1. The largest absolute Gasteiger partial charge is 0.340 e. The molecule has 2 fully saturated rings. The van der Waals surface area contributed by atoms with Crippen LogP contribution in [0, 0.1) is 11.7 Å². The van der Waals surface area contributed by atoms with Gasteiger partial charge in [-0.15, -0.1) is 0 Å². The lowest BCUT2D eigenvalue weighted by molar-refractivity contribution is -0.134. The van der Waals surface area contributed by atoms with Gasteiger partial charge in [0.1, 0.15) is 5.82 Å². The molecule has 0 N–H and O–H groups in total. The summed E-state index contributed by atoms with van der Waals surface area (Å²) in [6.07, 6.45) is 1.98. The van der Waals surface area contributed by atoms with E-state index in [1.54, 1.807) is 0 Å². The van der Waals surface area contributed by atoms with Gasteiger partial charge in [-0.2, -0.15) is 0 Å². The minimum absolute atomic E-state index is 0.212. The first-order valence-corrected chi connectivity index (χ1v) is 8.21. The van der Waals surface area contributed by atoms with E-state index in [0.717, 1.165) is 12.8 Å². The number of Topliss-reactive ketones (excluding diaryl/α,β-unsaturated/α-hetero) is 1. The second-order valence-electron chi connectivity index (χ2n) is 6.58. The van der Waals surface area contributed by atoms with Crippen molar-refractivity contribution < 1.29 is 18.8 Å². The summed E-state index contributed by atoms with van der Waals surface area (Å²) in [6.45, 7) is 2.78. The summed E-state index contributed by atoms with van der Waals surface area (Å²) >= 11 is 0. The molecule has 126 valence electrons. The van der Waals surface area contributed by atoms with E-state index in [1.807, 2.05) is 9.80 Å². The Morgan fingerprint density at radius 3 is 2.50 bits per heavy atom. The standard InChI is InChI=1S/C17H18FN3O3/c18-12-3-4-13-14(9-12)21(17(24)15(13)22)10-19-5-7-20(8-6-19)16(23)11-1-2-11/h3-4,9,11H,1-2,5-8,10H2. The van der Waals surface area contributed by atoms with Gasteiger partial charge in [0.2, 0.25) is 5.91 Å². The number of rotatable bonds is 3. The molecule has 1 saturated heterocycles. The fourth-order valence-corrected chi connectivity index (χ4v) is 3.31. The van der Waals surface area contributed by atoms with Gasteiger partial charge in [-0.3, -0.25) is 24.2 Å². The molecular formula is C17H18FN3O3. The second-order valence-corrected chi connectivity index (χ2v) is 6.58. The van der Waals surface area contributed by atoms with Gasteiger partial charge in [0.15, 0.2) is 0 Å². The fraction of sp³-hybridized carbons (Fsp3) is 0.471. The van der Waals surface area contributed by atoms with Crippen molar-refractivity contribution in [2.75, 3.05) is 37.7 Å². The van der Waals surface area contributed by atoms with E-state index in [-0.39, 0.29) is 24.1 Å². The van der Waals surface area contributed by atoms with Gasteiger partial charge in [0.25, 0.3) is 5.78 Å². The molecule has 0 bridgehead atoms. The van der Waals surface area contributed by atoms with Crippen LogP contribution in [0.3, 0.4) is 0 Å². The number of amides is 2. The Morgan fingerprint density at radius 1 is 1.12 bits per heavy atom. The maximum Gasteiger partial charge on any atom is 0.300 e. The normalized spacial score (nSPS) is 21.4. The van der Waals surface area contributed by atoms with Crippen LogP contribution in [0.4, 0.5) is 10.1 Å². The third kappa shape index (κ3) is 2.58. The third-order valence-electron chi connectivity index (χ3n) is 4.89. The molecule has 3 aliphatic rings. The molecule has 0 aromatic heterocycles. The van der Waals surface area contributed by atoms with Crippen molar-refractivity contribution in [3.63, 3.8) is 0 Å². The summed E-state index contributed by atoms with van der Waals surface area (Å²) in [5.41, 5.74) is 0.588. The number of piperazine rings is 1. The van der Waals surface area contributed by atoms with Gasteiger partial charge in [0.05, 0.1) is 17.9 Å². The maximum absolute atomic E-state index is 13.5. The van der Waals surface area contributed by atoms with Gasteiger partial charge in [-0.05, 0) is 31.0 Å². The lowest BCUT2D eigenvalue weighted by atomic mass is 10.1. The second kappa shape index (κ2) is 5.66. The molecule has 0 atom stereocenters. The Hall–Kier alpha value is -2.28. The number of carbonyl (C=O) groups is 3. The van der Waals surface area contributed by atoms with Crippen LogP contribution < -0.4 is 4.90 Å². The molecule has 1 aromatic rings. The maximum atomic E-state index is 13.5. The predicted molar refractivity (Wildman–Crippen MR) is 84.0 cm³/mol. The summed E-state index contributed by atoms with van der Waals surface area (Å²) in [4.78, 5) is 41.5. The first-order valence-electron chi connectivity index (χ1n) is 8.21. The SMILES string of the molecule is O=C1C(=O)N(CN2CCN(C(=O)C3CC3)CC2)c2cc(F)ccc21. The number of carbonyl (C=O) groups excluding carboxylic acids is 3. The lowest BCUT2D eigenvalue weighted by Gasteiger charge is -2.36. The number of hydrogen-bond donors (Lipinski definition) is 0. The Morgan fingerprint density at radius 2 is 1.83 bits per heavy atom. The molecule has 7 heteroatoms. The van der Waals surface area contributed by atoms with E-state index in [2.05, 4.69) is 0 Å². The van der Waals surface area contributed by atoms with Crippen LogP contribution in [-0.2, 0) is 9.59 Å². The van der Waals surface area contributed by atoms with Gasteiger partial charge in [0, 0.05) is 32.1 Å². The van der Waals surface area contributed by atoms with Crippen molar-refractivity contribution in [3.8, 4) is 0 Å². The minimum atomic E-state index is -0.618. The van der Waals surface area contributed by atoms with Crippen LogP contribution in [0.5, 0.6) is 0 Å². The number of ketones is 1. The molecule has 2 heterocycles. The zero-order valence-corrected chi connectivity index (χ0v) is 13.2. The topological polar surface area (TPSA) is 60.9 Å². The van der Waals surface area contributed by atoms with Crippen LogP contribution in [0.1, 0.15) is 23.2 Å². The molecule has 1 saturated carbocycles. The third-order valence-corrected chi connectivity index (χ3v) is 4.89. The van der Waals surface area contributed by atoms with E-state index in [9.17, 15) is 18.8 Å². The molecule has 24 heavy (non-hydrogen) atoms. The number of anilines is 1. The molecule has 1 aliphatic carbocycles. The first-order chi connectivity index (χ1) is 11.5. The van der Waals surface area contributed by atoms with Crippen molar-refractivity contribution in [3.05, 3.63) is 29.6 Å². The van der Waals surface area contributed by atoms with Crippen molar-refractivity contribution >= 4 is 23.3 Å². The van der Waals surface area contributed by atoms with Gasteiger partial charge in [-0.25, -0.2) is 4.39 Å². The Bertz CT molecular complexity index is 724. The van der Waals surface area contributed by atoms with E-state index < -0.39 is 17.5 Å². The predicted octanol–water partition coefficient (Wildman–Crippen LogP) is 0.867. The van der Waals surface area contributed by atoms with Gasteiger partial charge < -0.3 is 4.90 Å². The molecule has 0 unspecified atom stereocenters. The highest BCUT2D eigenvalue weighted by Gasteiger charge is 2.38. The van der Waals surface area contributed by atoms with Crippen molar-refractivity contribution in [2.24, 2.45) is 5.92 Å². The molecule has 6 nitrogen and oxygen atoms in total. The van der Waals surface area contributed by atoms with Crippen molar-refractivity contribution in [2.45, 2.75) is 12.8 Å². The first kappa shape index (κ1) is 15.3. The number of halogens is 1. The van der Waals surface area contributed by atoms with E-state index >= 15 is 0 Å². The van der Waals surface area contributed by atoms with Crippen molar-refractivity contribution in [1.82, 2.24) is 9.80 Å². The number of hydrogen-bond acceptors (Lipinski definition) is 4. The Labute approximate surface area is 138 Å². The zero-order valence-electron chi connectivity index (χ0n) is 13.2. The van der Waals surface area contributed by atoms with Gasteiger partial charge in [-0.1, -0.05) is 0 Å². The molecule has 2 aliphatic heterocycles. The smallest absolute Gasteiger partial charge is 0.300 e. The highest BCUT2D eigenvalue weighted by molar-refractivity contribution is 6.52. The average Bonchev–Trinajstić information content (AvgIpc) is 3.40. The number of nitrogens with zero attached hydrogens (tertiary/aromatic N) is 3. The van der Waals surface area contributed by atoms with Crippen LogP contribution in [-0.4, -0.2) is 60.2 Å². The Kier molecular flexibility index (Phi) is 3.60. The summed E-state index contributed by atoms with van der Waals surface area (Å²) < 4.78 is 13.5. The van der Waals surface area contributed by atoms with Crippen molar-refractivity contribution in [1.29, 1.82) is 0 Å². The van der Waals surface area contributed by atoms with Crippen LogP contribution >= 0.6 is 0 Å². The molecule has 4 rings (SSSR count). The summed E-state index contributed by atoms with van der Waals surface area (Å²) in [5.74, 6) is -1.24. The number of benzene rings is 1. The molecular weight excluding hydrogens is 313 g/mol. The van der Waals surface area contributed by atoms with Crippen LogP contribution in [0.15, 0.2) is 18.2 Å². The van der Waals surface area contributed by atoms with Gasteiger partial charge >= 0.3 is 5.91 Å². The average molecular weight is 331 g/mol. The van der Waals surface area contributed by atoms with Crippen LogP contribution in [0.25, 0.3) is 0 Å².